The Balaban J connectivity index is 2.32. The number of amides is 1. The molecular weight excluding hydrogens is 272 g/mol. The molecule has 1 amide bonds. The molecule has 0 aliphatic heterocycles. The van der Waals surface area contributed by atoms with Gasteiger partial charge in [-0.3, -0.25) is 4.79 Å². The fourth-order valence-corrected chi connectivity index (χ4v) is 2.28. The molecule has 1 aromatic rings. The van der Waals surface area contributed by atoms with E-state index in [1.54, 1.807) is 11.3 Å². The maximum atomic E-state index is 11.5. The topological polar surface area (TPSA) is 65.5 Å². The van der Waals surface area contributed by atoms with Gasteiger partial charge in [-0.15, -0.1) is 11.3 Å². The first-order valence-corrected chi connectivity index (χ1v) is 7.95. The second kappa shape index (κ2) is 10.3. The van der Waals surface area contributed by atoms with Crippen LogP contribution in [-0.4, -0.2) is 38.0 Å². The van der Waals surface area contributed by atoms with Crippen LogP contribution >= 0.6 is 11.3 Å². The second-order valence-corrected chi connectivity index (χ2v) is 5.33. The highest BCUT2D eigenvalue weighted by Gasteiger charge is 2.01. The highest BCUT2D eigenvalue weighted by molar-refractivity contribution is 7.09. The molecule has 0 radical (unpaired) electrons. The van der Waals surface area contributed by atoms with Crippen molar-refractivity contribution in [3.8, 4) is 0 Å². The summed E-state index contributed by atoms with van der Waals surface area (Å²) in [6.45, 7) is 6.49. The number of nitrogens with one attached hydrogen (secondary N) is 3. The van der Waals surface area contributed by atoms with Gasteiger partial charge in [-0.2, -0.15) is 0 Å². The van der Waals surface area contributed by atoms with Gasteiger partial charge < -0.3 is 16.0 Å². The van der Waals surface area contributed by atoms with Crippen molar-refractivity contribution in [1.29, 1.82) is 0 Å². The Bertz CT molecular complexity index is 403. The van der Waals surface area contributed by atoms with Crippen molar-refractivity contribution >= 4 is 23.2 Å². The molecular formula is C14H24N4OS. The van der Waals surface area contributed by atoms with E-state index in [1.807, 2.05) is 13.8 Å². The van der Waals surface area contributed by atoms with Crippen LogP contribution in [0, 0.1) is 0 Å². The lowest BCUT2D eigenvalue weighted by Gasteiger charge is -2.10. The highest BCUT2D eigenvalue weighted by Crippen LogP contribution is 2.07. The summed E-state index contributed by atoms with van der Waals surface area (Å²) in [5, 5.41) is 11.3. The quantitative estimate of drug-likeness (QED) is 0.501. The number of rotatable bonds is 8. The number of carbonyl (C=O) groups is 1. The SMILES string of the molecule is CCCNC(=O)CN=C(NCC)NCCc1cccs1. The minimum Gasteiger partial charge on any atom is -0.357 e. The average molecular weight is 296 g/mol. The normalized spacial score (nSPS) is 11.2. The smallest absolute Gasteiger partial charge is 0.241 e. The number of hydrogen-bond donors (Lipinski definition) is 3. The number of aliphatic imine (C=N–C) groups is 1. The molecule has 0 atom stereocenters. The van der Waals surface area contributed by atoms with Crippen molar-refractivity contribution < 1.29 is 4.79 Å². The third-order valence-corrected chi connectivity index (χ3v) is 3.48. The zero-order chi connectivity index (χ0) is 14.6. The van der Waals surface area contributed by atoms with Gasteiger partial charge in [0.2, 0.25) is 5.91 Å². The fraction of sp³-hybridized carbons (Fsp3) is 0.571. The Hall–Kier alpha value is -1.56. The van der Waals surface area contributed by atoms with E-state index in [2.05, 4.69) is 38.5 Å². The number of carbonyl (C=O) groups excluding carboxylic acids is 1. The van der Waals surface area contributed by atoms with Crippen LogP contribution < -0.4 is 16.0 Å². The van der Waals surface area contributed by atoms with Gasteiger partial charge in [0.1, 0.15) is 6.54 Å². The first-order chi connectivity index (χ1) is 9.76. The number of hydrogen-bond acceptors (Lipinski definition) is 3. The van der Waals surface area contributed by atoms with Gasteiger partial charge in [-0.25, -0.2) is 4.99 Å². The van der Waals surface area contributed by atoms with E-state index in [0.29, 0.717) is 12.5 Å². The Morgan fingerprint density at radius 1 is 1.25 bits per heavy atom. The number of nitrogens with zero attached hydrogens (tertiary/aromatic N) is 1. The van der Waals surface area contributed by atoms with Crippen molar-refractivity contribution in [1.82, 2.24) is 16.0 Å². The molecule has 0 saturated heterocycles. The lowest BCUT2D eigenvalue weighted by atomic mass is 10.3. The van der Waals surface area contributed by atoms with Gasteiger partial charge in [0.25, 0.3) is 0 Å². The third-order valence-electron chi connectivity index (χ3n) is 2.54. The summed E-state index contributed by atoms with van der Waals surface area (Å²) in [5.41, 5.74) is 0. The molecule has 3 N–H and O–H groups in total. The van der Waals surface area contributed by atoms with E-state index in [0.717, 1.165) is 25.9 Å². The monoisotopic (exact) mass is 296 g/mol. The summed E-state index contributed by atoms with van der Waals surface area (Å²) in [6, 6.07) is 4.17. The third kappa shape index (κ3) is 7.13. The van der Waals surface area contributed by atoms with E-state index >= 15 is 0 Å². The van der Waals surface area contributed by atoms with Crippen LogP contribution in [0.15, 0.2) is 22.5 Å². The summed E-state index contributed by atoms with van der Waals surface area (Å²) < 4.78 is 0. The van der Waals surface area contributed by atoms with E-state index in [4.69, 9.17) is 0 Å². The van der Waals surface area contributed by atoms with Gasteiger partial charge in [0.15, 0.2) is 5.96 Å². The molecule has 5 nitrogen and oxygen atoms in total. The molecule has 6 heteroatoms. The summed E-state index contributed by atoms with van der Waals surface area (Å²) in [6.07, 6.45) is 1.90. The van der Waals surface area contributed by atoms with Crippen LogP contribution in [-0.2, 0) is 11.2 Å². The highest BCUT2D eigenvalue weighted by atomic mass is 32.1. The van der Waals surface area contributed by atoms with Crippen molar-refractivity contribution in [2.75, 3.05) is 26.2 Å². The molecule has 0 fully saturated rings. The van der Waals surface area contributed by atoms with Gasteiger partial charge in [-0.1, -0.05) is 13.0 Å². The summed E-state index contributed by atoms with van der Waals surface area (Å²) in [5.74, 6) is 0.651. The summed E-state index contributed by atoms with van der Waals surface area (Å²) >= 11 is 1.75. The van der Waals surface area contributed by atoms with E-state index < -0.39 is 0 Å². The Kier molecular flexibility index (Phi) is 8.46. The maximum Gasteiger partial charge on any atom is 0.241 e. The van der Waals surface area contributed by atoms with E-state index in [9.17, 15) is 4.79 Å². The van der Waals surface area contributed by atoms with Crippen LogP contribution in [0.5, 0.6) is 0 Å². The van der Waals surface area contributed by atoms with Crippen LogP contribution in [0.4, 0.5) is 0 Å². The van der Waals surface area contributed by atoms with Gasteiger partial charge in [-0.05, 0) is 31.2 Å². The minimum atomic E-state index is -0.0395. The molecule has 0 saturated carbocycles. The Morgan fingerprint density at radius 2 is 2.10 bits per heavy atom. The second-order valence-electron chi connectivity index (χ2n) is 4.30. The van der Waals surface area contributed by atoms with Crippen LogP contribution in [0.3, 0.4) is 0 Å². The van der Waals surface area contributed by atoms with Gasteiger partial charge in [0.05, 0.1) is 0 Å². The van der Waals surface area contributed by atoms with Crippen molar-refractivity contribution in [2.24, 2.45) is 4.99 Å². The predicted octanol–water partition coefficient (Wildman–Crippen LogP) is 1.37. The first kappa shape index (κ1) is 16.5. The number of guanidine groups is 1. The Morgan fingerprint density at radius 3 is 2.75 bits per heavy atom. The first-order valence-electron chi connectivity index (χ1n) is 7.07. The zero-order valence-electron chi connectivity index (χ0n) is 12.2. The molecule has 112 valence electrons. The maximum absolute atomic E-state index is 11.5. The molecule has 0 bridgehead atoms. The lowest BCUT2D eigenvalue weighted by molar-refractivity contribution is -0.119. The van der Waals surface area contributed by atoms with Crippen molar-refractivity contribution in [2.45, 2.75) is 26.7 Å². The number of thiophene rings is 1. The minimum absolute atomic E-state index is 0.0395. The zero-order valence-corrected chi connectivity index (χ0v) is 13.1. The molecule has 1 rings (SSSR count). The molecule has 0 aliphatic rings. The molecule has 20 heavy (non-hydrogen) atoms. The molecule has 1 heterocycles. The molecule has 0 unspecified atom stereocenters. The fourth-order valence-electron chi connectivity index (χ4n) is 1.57. The predicted molar refractivity (Wildman–Crippen MR) is 85.3 cm³/mol. The average Bonchev–Trinajstić information content (AvgIpc) is 2.95. The van der Waals surface area contributed by atoms with Crippen molar-refractivity contribution in [3.05, 3.63) is 22.4 Å². The van der Waals surface area contributed by atoms with Gasteiger partial charge in [0, 0.05) is 24.5 Å². The standard InChI is InChI=1S/C14H24N4OS/c1-3-8-16-13(19)11-18-14(15-4-2)17-9-7-12-6-5-10-20-12/h5-6,10H,3-4,7-9,11H2,1-2H3,(H,16,19)(H2,15,17,18). The van der Waals surface area contributed by atoms with E-state index in [-0.39, 0.29) is 12.5 Å². The summed E-state index contributed by atoms with van der Waals surface area (Å²) in [4.78, 5) is 17.1. The van der Waals surface area contributed by atoms with Crippen LogP contribution in [0.2, 0.25) is 0 Å². The van der Waals surface area contributed by atoms with Gasteiger partial charge >= 0.3 is 0 Å². The largest absolute Gasteiger partial charge is 0.357 e. The lowest BCUT2D eigenvalue weighted by Crippen LogP contribution is -2.39. The molecule has 1 aromatic heterocycles. The molecule has 0 spiro atoms. The Labute approximate surface area is 124 Å². The van der Waals surface area contributed by atoms with Crippen LogP contribution in [0.25, 0.3) is 0 Å². The molecule has 0 aromatic carbocycles. The summed E-state index contributed by atoms with van der Waals surface area (Å²) in [7, 11) is 0. The van der Waals surface area contributed by atoms with Crippen LogP contribution in [0.1, 0.15) is 25.1 Å². The van der Waals surface area contributed by atoms with Crippen molar-refractivity contribution in [3.63, 3.8) is 0 Å². The van der Waals surface area contributed by atoms with E-state index in [1.165, 1.54) is 4.88 Å². The molecule has 0 aliphatic carbocycles.